The molecule has 0 N–H and O–H groups in total. The van der Waals surface area contributed by atoms with Gasteiger partial charge >= 0.3 is 0 Å². The summed E-state index contributed by atoms with van der Waals surface area (Å²) in [5, 5.41) is 0. The van der Waals surface area contributed by atoms with Crippen molar-refractivity contribution in [2.45, 2.75) is 5.60 Å². The van der Waals surface area contributed by atoms with Crippen LogP contribution in [-0.2, 0) is 19.5 Å². The van der Waals surface area contributed by atoms with Crippen LogP contribution in [-0.4, -0.2) is 86.4 Å². The number of nitrogens with zero attached hydrogens (tertiary/aromatic N) is 3. The maximum atomic E-state index is 12.6. The number of sulfonamides is 1. The Bertz CT molecular complexity index is 696. The first kappa shape index (κ1) is 17.3. The zero-order valence-electron chi connectivity index (χ0n) is 13.6. The third kappa shape index (κ3) is 3.75. The monoisotopic (exact) mass is 355 g/mol. The molecule has 1 spiro atoms. The summed E-state index contributed by atoms with van der Waals surface area (Å²) < 4.78 is 36.7. The maximum absolute atomic E-state index is 12.6. The largest absolute Gasteiger partial charge is 0.377 e. The second-order valence-electron chi connectivity index (χ2n) is 6.15. The molecule has 0 aliphatic carbocycles. The summed E-state index contributed by atoms with van der Waals surface area (Å²) in [4.78, 5) is 18.3. The second-order valence-corrected chi connectivity index (χ2v) is 8.13. The minimum Gasteiger partial charge on any atom is -0.377 e. The minimum absolute atomic E-state index is 0.138. The fourth-order valence-corrected chi connectivity index (χ4v) is 3.90. The van der Waals surface area contributed by atoms with Gasteiger partial charge in [-0.25, -0.2) is 8.42 Å². The molecule has 2 saturated heterocycles. The molecule has 1 unspecified atom stereocenters. The molecule has 2 fully saturated rings. The predicted molar refractivity (Wildman–Crippen MR) is 86.1 cm³/mol. The molecule has 1 amide bonds. The number of hydrogen-bond donors (Lipinski definition) is 0. The molecule has 9 heteroatoms. The van der Waals surface area contributed by atoms with Crippen LogP contribution >= 0.6 is 0 Å². The van der Waals surface area contributed by atoms with Crippen molar-refractivity contribution in [3.8, 4) is 0 Å². The predicted octanol–water partition coefficient (Wildman–Crippen LogP) is -0.415. The van der Waals surface area contributed by atoms with E-state index in [2.05, 4.69) is 4.98 Å². The summed E-state index contributed by atoms with van der Waals surface area (Å²) in [5.74, 6) is -0.138. The average molecular weight is 355 g/mol. The van der Waals surface area contributed by atoms with Crippen LogP contribution < -0.4 is 0 Å². The number of ether oxygens (including phenoxy) is 2. The second kappa shape index (κ2) is 6.75. The lowest BCUT2D eigenvalue weighted by atomic mass is 10.0. The molecule has 1 aromatic heterocycles. The van der Waals surface area contributed by atoms with E-state index in [1.54, 1.807) is 23.2 Å². The van der Waals surface area contributed by atoms with Crippen LogP contribution in [0.2, 0.25) is 0 Å². The van der Waals surface area contributed by atoms with Gasteiger partial charge in [0.15, 0.2) is 0 Å². The lowest BCUT2D eigenvalue weighted by molar-refractivity contribution is -0.129. The van der Waals surface area contributed by atoms with Crippen molar-refractivity contribution in [1.29, 1.82) is 0 Å². The minimum atomic E-state index is -3.35. The first-order valence-electron chi connectivity index (χ1n) is 7.76. The smallest absolute Gasteiger partial charge is 0.255 e. The van der Waals surface area contributed by atoms with E-state index >= 15 is 0 Å². The highest BCUT2D eigenvalue weighted by Gasteiger charge is 2.43. The molecule has 2 aliphatic heterocycles. The van der Waals surface area contributed by atoms with Crippen LogP contribution in [0, 0.1) is 0 Å². The number of aromatic nitrogens is 1. The molecule has 0 radical (unpaired) electrons. The molecule has 0 bridgehead atoms. The van der Waals surface area contributed by atoms with Gasteiger partial charge in [-0.15, -0.1) is 0 Å². The zero-order valence-corrected chi connectivity index (χ0v) is 14.4. The molecule has 0 saturated carbocycles. The molecular weight excluding hydrogens is 334 g/mol. The van der Waals surface area contributed by atoms with Crippen LogP contribution in [0.1, 0.15) is 10.4 Å². The molecule has 24 heavy (non-hydrogen) atoms. The lowest BCUT2D eigenvalue weighted by Gasteiger charge is -2.43. The first-order chi connectivity index (χ1) is 11.4. The van der Waals surface area contributed by atoms with Gasteiger partial charge in [0.1, 0.15) is 5.60 Å². The van der Waals surface area contributed by atoms with Gasteiger partial charge in [0.05, 0.1) is 38.2 Å². The maximum Gasteiger partial charge on any atom is 0.255 e. The Morgan fingerprint density at radius 1 is 1.29 bits per heavy atom. The Kier molecular flexibility index (Phi) is 4.86. The molecule has 132 valence electrons. The third-order valence-corrected chi connectivity index (χ3v) is 5.48. The van der Waals surface area contributed by atoms with E-state index in [0.717, 1.165) is 0 Å². The van der Waals surface area contributed by atoms with Gasteiger partial charge in [-0.1, -0.05) is 0 Å². The van der Waals surface area contributed by atoms with Crippen LogP contribution in [0.25, 0.3) is 0 Å². The van der Waals surface area contributed by atoms with E-state index in [0.29, 0.717) is 31.9 Å². The number of pyridine rings is 1. The molecule has 8 nitrogen and oxygen atoms in total. The van der Waals surface area contributed by atoms with Gasteiger partial charge < -0.3 is 14.4 Å². The quantitative estimate of drug-likeness (QED) is 0.716. The Hall–Kier alpha value is -1.55. The Balaban J connectivity index is 1.79. The fourth-order valence-electron chi connectivity index (χ4n) is 3.03. The number of carbonyl (C=O) groups excluding carboxylic acids is 1. The standard InChI is InChI=1S/C15H21N3O5S/c1-24(20,21)18-6-7-22-12-15(11-18)10-17(5-8-23-15)14(19)13-3-2-4-16-9-13/h2-4,9H,5-8,10-12H2,1H3. The van der Waals surface area contributed by atoms with Gasteiger partial charge in [0.2, 0.25) is 10.0 Å². The van der Waals surface area contributed by atoms with Crippen molar-refractivity contribution >= 4 is 15.9 Å². The normalized spacial score (nSPS) is 26.3. The Morgan fingerprint density at radius 3 is 2.83 bits per heavy atom. The molecule has 0 aromatic carbocycles. The van der Waals surface area contributed by atoms with E-state index in [9.17, 15) is 13.2 Å². The summed E-state index contributed by atoms with van der Waals surface area (Å²) >= 11 is 0. The summed E-state index contributed by atoms with van der Waals surface area (Å²) in [7, 11) is -3.35. The van der Waals surface area contributed by atoms with Gasteiger partial charge in [-0.05, 0) is 12.1 Å². The van der Waals surface area contributed by atoms with Crippen LogP contribution in [0.4, 0.5) is 0 Å². The molecule has 1 atom stereocenters. The van der Waals surface area contributed by atoms with Crippen LogP contribution in [0.3, 0.4) is 0 Å². The van der Waals surface area contributed by atoms with Crippen LogP contribution in [0.5, 0.6) is 0 Å². The molecular formula is C15H21N3O5S. The average Bonchev–Trinajstić information content (AvgIpc) is 2.77. The van der Waals surface area contributed by atoms with Gasteiger partial charge in [-0.3, -0.25) is 9.78 Å². The first-order valence-corrected chi connectivity index (χ1v) is 9.61. The number of morpholine rings is 1. The van der Waals surface area contributed by atoms with Crippen molar-refractivity contribution in [3.05, 3.63) is 30.1 Å². The number of carbonyl (C=O) groups is 1. The van der Waals surface area contributed by atoms with E-state index in [1.165, 1.54) is 16.8 Å². The van der Waals surface area contributed by atoms with E-state index in [-0.39, 0.29) is 25.6 Å². The van der Waals surface area contributed by atoms with E-state index < -0.39 is 15.6 Å². The highest BCUT2D eigenvalue weighted by Crippen LogP contribution is 2.24. The fraction of sp³-hybridized carbons (Fsp3) is 0.600. The zero-order chi connectivity index (χ0) is 17.2. The third-order valence-electron chi connectivity index (χ3n) is 4.23. The summed E-state index contributed by atoms with van der Waals surface area (Å²) in [6.45, 7) is 2.13. The van der Waals surface area contributed by atoms with E-state index in [4.69, 9.17) is 9.47 Å². The lowest BCUT2D eigenvalue weighted by Crippen LogP contribution is -2.60. The SMILES string of the molecule is CS(=O)(=O)N1CCOCC2(CN(C(=O)c3cccnc3)CCO2)C1. The molecule has 2 aliphatic rings. The Labute approximate surface area is 141 Å². The number of hydrogen-bond acceptors (Lipinski definition) is 6. The van der Waals surface area contributed by atoms with Gasteiger partial charge in [-0.2, -0.15) is 4.31 Å². The van der Waals surface area contributed by atoms with Crippen molar-refractivity contribution in [3.63, 3.8) is 0 Å². The number of rotatable bonds is 2. The number of amides is 1. The molecule has 1 aromatic rings. The van der Waals surface area contributed by atoms with Gasteiger partial charge in [0.25, 0.3) is 5.91 Å². The highest BCUT2D eigenvalue weighted by atomic mass is 32.2. The van der Waals surface area contributed by atoms with Gasteiger partial charge in [0, 0.05) is 32.0 Å². The highest BCUT2D eigenvalue weighted by molar-refractivity contribution is 7.88. The van der Waals surface area contributed by atoms with Crippen molar-refractivity contribution in [2.75, 3.05) is 52.3 Å². The van der Waals surface area contributed by atoms with Crippen molar-refractivity contribution < 1.29 is 22.7 Å². The Morgan fingerprint density at radius 2 is 2.12 bits per heavy atom. The van der Waals surface area contributed by atoms with Crippen LogP contribution in [0.15, 0.2) is 24.5 Å². The van der Waals surface area contributed by atoms with Crippen molar-refractivity contribution in [1.82, 2.24) is 14.2 Å². The van der Waals surface area contributed by atoms with E-state index in [1.807, 2.05) is 0 Å². The summed E-state index contributed by atoms with van der Waals surface area (Å²) in [5.41, 5.74) is -0.334. The molecule has 3 heterocycles. The molecule has 3 rings (SSSR count). The topological polar surface area (TPSA) is 89.0 Å². The summed E-state index contributed by atoms with van der Waals surface area (Å²) in [6, 6.07) is 3.42. The van der Waals surface area contributed by atoms with Crippen molar-refractivity contribution in [2.24, 2.45) is 0 Å². The summed E-state index contributed by atoms with van der Waals surface area (Å²) in [6.07, 6.45) is 4.31.